The smallest absolute Gasteiger partial charge is 0.270 e. The fourth-order valence-electron chi connectivity index (χ4n) is 2.84. The second-order valence-electron chi connectivity index (χ2n) is 5.63. The van der Waals surface area contributed by atoms with E-state index < -0.39 is 0 Å². The first-order chi connectivity index (χ1) is 10.7. The van der Waals surface area contributed by atoms with Crippen LogP contribution in [-0.4, -0.2) is 40.6 Å². The summed E-state index contributed by atoms with van der Waals surface area (Å²) in [6, 6.07) is 3.90. The van der Waals surface area contributed by atoms with Gasteiger partial charge in [-0.2, -0.15) is 5.10 Å². The Bertz CT molecular complexity index is 611. The molecule has 1 fully saturated rings. The van der Waals surface area contributed by atoms with Gasteiger partial charge in [0.15, 0.2) is 0 Å². The molecular weight excluding hydrogens is 304 g/mol. The zero-order chi connectivity index (χ0) is 15.4. The fraction of sp³-hybridized carbons (Fsp3) is 0.467. The van der Waals surface area contributed by atoms with Crippen molar-refractivity contribution in [3.8, 4) is 0 Å². The number of carbonyl (C=O) groups excluding carboxylic acids is 1. The largest absolute Gasteiger partial charge is 0.468 e. The molecule has 2 aromatic rings. The summed E-state index contributed by atoms with van der Waals surface area (Å²) in [5.41, 5.74) is 0.324. The molecule has 0 spiro atoms. The molecule has 3 heterocycles. The number of piperidine rings is 1. The summed E-state index contributed by atoms with van der Waals surface area (Å²) in [6.07, 6.45) is 5.38. The van der Waals surface area contributed by atoms with Crippen molar-refractivity contribution in [3.63, 3.8) is 0 Å². The molecule has 0 saturated carbocycles. The van der Waals surface area contributed by atoms with Crippen molar-refractivity contribution >= 4 is 17.5 Å². The van der Waals surface area contributed by atoms with Gasteiger partial charge in [0.05, 0.1) is 24.0 Å². The van der Waals surface area contributed by atoms with Crippen molar-refractivity contribution in [2.75, 3.05) is 19.6 Å². The van der Waals surface area contributed by atoms with Gasteiger partial charge in [0.2, 0.25) is 0 Å². The van der Waals surface area contributed by atoms with E-state index in [-0.39, 0.29) is 5.91 Å². The number of rotatable bonds is 5. The summed E-state index contributed by atoms with van der Waals surface area (Å²) >= 11 is 5.89. The minimum Gasteiger partial charge on any atom is -0.468 e. The normalized spacial score (nSPS) is 19.2. The van der Waals surface area contributed by atoms with Crippen LogP contribution < -0.4 is 5.32 Å². The van der Waals surface area contributed by atoms with E-state index in [9.17, 15) is 4.79 Å². The van der Waals surface area contributed by atoms with E-state index in [1.807, 2.05) is 12.1 Å². The average Bonchev–Trinajstić information content (AvgIpc) is 3.17. The summed E-state index contributed by atoms with van der Waals surface area (Å²) in [5, 5.41) is 9.65. The maximum atomic E-state index is 12.0. The first-order valence-electron chi connectivity index (χ1n) is 7.44. The number of halogens is 1. The molecule has 1 saturated heterocycles. The Morgan fingerprint density at radius 1 is 1.59 bits per heavy atom. The predicted octanol–water partition coefficient (Wildman–Crippen LogP) is 2.30. The van der Waals surface area contributed by atoms with Crippen molar-refractivity contribution in [3.05, 3.63) is 41.1 Å². The van der Waals surface area contributed by atoms with Gasteiger partial charge >= 0.3 is 0 Å². The van der Waals surface area contributed by atoms with Gasteiger partial charge in [0, 0.05) is 13.1 Å². The van der Waals surface area contributed by atoms with Gasteiger partial charge < -0.3 is 9.73 Å². The number of hydrogen-bond donors (Lipinski definition) is 2. The summed E-state index contributed by atoms with van der Waals surface area (Å²) < 4.78 is 5.39. The van der Waals surface area contributed by atoms with Crippen molar-refractivity contribution < 1.29 is 9.21 Å². The first-order valence-corrected chi connectivity index (χ1v) is 7.82. The maximum Gasteiger partial charge on any atom is 0.270 e. The Morgan fingerprint density at radius 3 is 3.23 bits per heavy atom. The van der Waals surface area contributed by atoms with Gasteiger partial charge in [-0.3, -0.25) is 14.8 Å². The third-order valence-corrected chi connectivity index (χ3v) is 4.22. The van der Waals surface area contributed by atoms with Crippen LogP contribution in [0.2, 0.25) is 5.02 Å². The van der Waals surface area contributed by atoms with Crippen LogP contribution in [0.4, 0.5) is 0 Å². The lowest BCUT2D eigenvalue weighted by Gasteiger charge is -2.32. The number of carbonyl (C=O) groups is 1. The summed E-state index contributed by atoms with van der Waals surface area (Å²) in [4.78, 5) is 14.4. The average molecular weight is 323 g/mol. The molecule has 6 nitrogen and oxygen atoms in total. The third-order valence-electron chi connectivity index (χ3n) is 3.93. The van der Waals surface area contributed by atoms with Gasteiger partial charge in [-0.05, 0) is 37.4 Å². The molecule has 1 aliphatic rings. The zero-order valence-electron chi connectivity index (χ0n) is 12.2. The Morgan fingerprint density at radius 2 is 2.50 bits per heavy atom. The van der Waals surface area contributed by atoms with Crippen LogP contribution in [0.3, 0.4) is 0 Å². The van der Waals surface area contributed by atoms with Gasteiger partial charge in [-0.25, -0.2) is 0 Å². The molecule has 1 amide bonds. The molecule has 1 atom stereocenters. The predicted molar refractivity (Wildman–Crippen MR) is 82.6 cm³/mol. The minimum absolute atomic E-state index is 0.203. The van der Waals surface area contributed by atoms with E-state index >= 15 is 0 Å². The highest BCUT2D eigenvalue weighted by Crippen LogP contribution is 2.18. The minimum atomic E-state index is -0.203. The molecule has 0 radical (unpaired) electrons. The molecule has 3 rings (SSSR count). The lowest BCUT2D eigenvalue weighted by atomic mass is 9.98. The van der Waals surface area contributed by atoms with E-state index in [4.69, 9.17) is 16.0 Å². The molecule has 0 aliphatic carbocycles. The number of furan rings is 1. The topological polar surface area (TPSA) is 74.2 Å². The number of hydrogen-bond acceptors (Lipinski definition) is 4. The zero-order valence-corrected chi connectivity index (χ0v) is 13.0. The maximum absolute atomic E-state index is 12.0. The number of nitrogens with one attached hydrogen (secondary N) is 2. The molecule has 118 valence electrons. The quantitative estimate of drug-likeness (QED) is 0.885. The van der Waals surface area contributed by atoms with Crippen LogP contribution in [0.5, 0.6) is 0 Å². The van der Waals surface area contributed by atoms with Gasteiger partial charge in [-0.1, -0.05) is 11.6 Å². The van der Waals surface area contributed by atoms with Gasteiger partial charge in [0.25, 0.3) is 5.91 Å². The van der Waals surface area contributed by atoms with Gasteiger partial charge in [-0.15, -0.1) is 0 Å². The highest BCUT2D eigenvalue weighted by Gasteiger charge is 2.22. The Hall–Kier alpha value is -1.79. The monoisotopic (exact) mass is 322 g/mol. The number of H-pyrrole nitrogens is 1. The van der Waals surface area contributed by atoms with Crippen LogP contribution >= 0.6 is 11.6 Å². The molecule has 22 heavy (non-hydrogen) atoms. The molecule has 2 N–H and O–H groups in total. The Labute approximate surface area is 133 Å². The first kappa shape index (κ1) is 15.1. The SMILES string of the molecule is O=C(NC[C@@H]1CCCN(Cc2ccco2)C1)c1[nH]ncc1Cl. The van der Waals surface area contributed by atoms with E-state index in [1.165, 1.54) is 6.20 Å². The van der Waals surface area contributed by atoms with Gasteiger partial charge in [0.1, 0.15) is 11.5 Å². The van der Waals surface area contributed by atoms with Crippen LogP contribution in [0.1, 0.15) is 29.1 Å². The highest BCUT2D eigenvalue weighted by atomic mass is 35.5. The van der Waals surface area contributed by atoms with Crippen LogP contribution in [-0.2, 0) is 6.54 Å². The molecule has 0 aromatic carbocycles. The Kier molecular flexibility index (Phi) is 4.80. The van der Waals surface area contributed by atoms with Crippen molar-refractivity contribution in [1.29, 1.82) is 0 Å². The number of likely N-dealkylation sites (tertiary alicyclic amines) is 1. The third kappa shape index (κ3) is 3.69. The van der Waals surface area contributed by atoms with Crippen molar-refractivity contribution in [2.24, 2.45) is 5.92 Å². The molecule has 0 unspecified atom stereocenters. The van der Waals surface area contributed by atoms with Crippen molar-refractivity contribution in [1.82, 2.24) is 20.4 Å². The lowest BCUT2D eigenvalue weighted by molar-refractivity contribution is 0.0923. The number of nitrogens with zero attached hydrogens (tertiary/aromatic N) is 2. The molecular formula is C15H19ClN4O2. The van der Waals surface area contributed by atoms with E-state index in [2.05, 4.69) is 20.4 Å². The standard InChI is InChI=1S/C15H19ClN4O2/c16-13-8-18-19-14(13)15(21)17-7-11-3-1-5-20(9-11)10-12-4-2-6-22-12/h2,4,6,8,11H,1,3,5,7,9-10H2,(H,17,21)(H,18,19)/t11-/m0/s1. The second-order valence-corrected chi connectivity index (χ2v) is 6.03. The van der Waals surface area contributed by atoms with Crippen LogP contribution in [0, 0.1) is 5.92 Å². The fourth-order valence-corrected chi connectivity index (χ4v) is 3.02. The van der Waals surface area contributed by atoms with E-state index in [0.29, 0.717) is 23.2 Å². The molecule has 0 bridgehead atoms. The van der Waals surface area contributed by atoms with E-state index in [0.717, 1.165) is 38.2 Å². The molecule has 7 heteroatoms. The number of aromatic nitrogens is 2. The summed E-state index contributed by atoms with van der Waals surface area (Å²) in [6.45, 7) is 3.49. The molecule has 1 aliphatic heterocycles. The molecule has 2 aromatic heterocycles. The summed E-state index contributed by atoms with van der Waals surface area (Å²) in [7, 11) is 0. The van der Waals surface area contributed by atoms with E-state index in [1.54, 1.807) is 6.26 Å². The summed E-state index contributed by atoms with van der Waals surface area (Å²) in [5.74, 6) is 1.22. The Balaban J connectivity index is 1.48. The second kappa shape index (κ2) is 6.98. The number of aromatic amines is 1. The lowest BCUT2D eigenvalue weighted by Crippen LogP contribution is -2.40. The highest BCUT2D eigenvalue weighted by molar-refractivity contribution is 6.33. The van der Waals surface area contributed by atoms with Crippen molar-refractivity contribution in [2.45, 2.75) is 19.4 Å². The van der Waals surface area contributed by atoms with Crippen LogP contribution in [0.15, 0.2) is 29.0 Å². The number of amides is 1. The van der Waals surface area contributed by atoms with Crippen LogP contribution in [0.25, 0.3) is 0 Å².